The van der Waals surface area contributed by atoms with Crippen molar-refractivity contribution in [2.75, 3.05) is 44.6 Å². The summed E-state index contributed by atoms with van der Waals surface area (Å²) in [6.07, 6.45) is 5.07. The summed E-state index contributed by atoms with van der Waals surface area (Å²) in [6.45, 7) is 5.53. The maximum atomic E-state index is 13.3. The Labute approximate surface area is 249 Å². The van der Waals surface area contributed by atoms with E-state index in [1.165, 1.54) is 37.1 Å². The molecule has 2 aromatic carbocycles. The molecule has 0 radical (unpaired) electrons. The number of piperidine rings is 1. The van der Waals surface area contributed by atoms with Gasteiger partial charge in [0.25, 0.3) is 0 Å². The zero-order valence-corrected chi connectivity index (χ0v) is 24.8. The van der Waals surface area contributed by atoms with Crippen LogP contribution in [0.5, 0.6) is 11.5 Å². The summed E-state index contributed by atoms with van der Waals surface area (Å²) in [4.78, 5) is 35.7. The first kappa shape index (κ1) is 30.3. The topological polar surface area (TPSA) is 106 Å². The van der Waals surface area contributed by atoms with E-state index in [0.717, 1.165) is 31.5 Å². The van der Waals surface area contributed by atoms with Crippen molar-refractivity contribution in [1.82, 2.24) is 15.3 Å². The molecule has 2 amide bonds. The molecule has 3 aromatic rings. The third-order valence-corrected chi connectivity index (χ3v) is 8.01. The first-order valence-corrected chi connectivity index (χ1v) is 13.9. The summed E-state index contributed by atoms with van der Waals surface area (Å²) >= 11 is 12.9. The summed E-state index contributed by atoms with van der Waals surface area (Å²) in [5.74, 6) is 0.973. The normalized spacial score (nSPS) is 13.4. The van der Waals surface area contributed by atoms with Crippen molar-refractivity contribution < 1.29 is 19.1 Å². The standard InChI is InChI=1S/C30H33Cl2N5O4/c1-5-27(38)36-23-13-19(18-8-10-33-11-9-18)6-7-20(23)12-21-14-26(35-17-34-21)37(2)28(39)15-22-29(31)24(40-3)16-25(41-4)30(22)32/h5-7,13-14,16-18,33H,1,8-12,15H2,2-4H3,(H,36,38). The number of carbonyl (C=O) groups is 2. The Morgan fingerprint density at radius 1 is 1.10 bits per heavy atom. The number of likely N-dealkylation sites (N-methyl/N-ethyl adjacent to an activating group) is 1. The second kappa shape index (κ2) is 13.8. The summed E-state index contributed by atoms with van der Waals surface area (Å²) in [7, 11) is 4.57. The van der Waals surface area contributed by atoms with Crippen LogP contribution in [0.25, 0.3) is 0 Å². The van der Waals surface area contributed by atoms with E-state index in [9.17, 15) is 9.59 Å². The molecule has 1 aliphatic heterocycles. The number of halogens is 2. The first-order chi connectivity index (χ1) is 19.7. The minimum Gasteiger partial charge on any atom is -0.495 e. The Hall–Kier alpha value is -3.66. The number of amides is 2. The Morgan fingerprint density at radius 3 is 2.41 bits per heavy atom. The molecule has 1 aromatic heterocycles. The van der Waals surface area contributed by atoms with E-state index in [-0.39, 0.29) is 28.3 Å². The number of nitrogens with zero attached hydrogens (tertiary/aromatic N) is 3. The van der Waals surface area contributed by atoms with Crippen LogP contribution in [0.15, 0.2) is 49.3 Å². The molecular formula is C30H33Cl2N5O4. The highest BCUT2D eigenvalue weighted by Crippen LogP contribution is 2.41. The van der Waals surface area contributed by atoms with E-state index in [1.54, 1.807) is 19.2 Å². The highest BCUT2D eigenvalue weighted by molar-refractivity contribution is 6.38. The first-order valence-electron chi connectivity index (χ1n) is 13.2. The van der Waals surface area contributed by atoms with E-state index in [2.05, 4.69) is 33.2 Å². The van der Waals surface area contributed by atoms with Gasteiger partial charge in [-0.25, -0.2) is 9.97 Å². The lowest BCUT2D eigenvalue weighted by atomic mass is 9.89. The average molecular weight is 599 g/mol. The molecule has 1 aliphatic rings. The second-order valence-corrected chi connectivity index (χ2v) is 10.5. The molecule has 1 fully saturated rings. The minimum atomic E-state index is -0.293. The third kappa shape index (κ3) is 7.16. The van der Waals surface area contributed by atoms with Gasteiger partial charge in [-0.15, -0.1) is 0 Å². The number of benzene rings is 2. The number of aromatic nitrogens is 2. The molecular weight excluding hydrogens is 565 g/mol. The second-order valence-electron chi connectivity index (χ2n) is 9.70. The van der Waals surface area contributed by atoms with E-state index >= 15 is 0 Å². The molecule has 0 bridgehead atoms. The highest BCUT2D eigenvalue weighted by Gasteiger charge is 2.23. The SMILES string of the molecule is C=CC(=O)Nc1cc(C2CCNCC2)ccc1Cc1cc(N(C)C(=O)Cc2c(Cl)c(OC)cc(OC)c2Cl)ncn1. The van der Waals surface area contributed by atoms with Crippen molar-refractivity contribution >= 4 is 46.5 Å². The van der Waals surface area contributed by atoms with Gasteiger partial charge < -0.3 is 20.1 Å². The quantitative estimate of drug-likeness (QED) is 0.310. The molecule has 1 saturated heterocycles. The molecule has 0 atom stereocenters. The van der Waals surface area contributed by atoms with Crippen molar-refractivity contribution in [2.24, 2.45) is 0 Å². The minimum absolute atomic E-state index is 0.100. The van der Waals surface area contributed by atoms with Crippen molar-refractivity contribution in [3.63, 3.8) is 0 Å². The van der Waals surface area contributed by atoms with Gasteiger partial charge in [-0.1, -0.05) is 41.9 Å². The Morgan fingerprint density at radius 2 is 1.78 bits per heavy atom. The van der Waals surface area contributed by atoms with Crippen molar-refractivity contribution in [2.45, 2.75) is 31.6 Å². The van der Waals surface area contributed by atoms with Crippen LogP contribution in [0.2, 0.25) is 10.0 Å². The van der Waals surface area contributed by atoms with E-state index in [0.29, 0.717) is 46.6 Å². The van der Waals surface area contributed by atoms with E-state index in [4.69, 9.17) is 32.7 Å². The van der Waals surface area contributed by atoms with Crippen molar-refractivity contribution in [3.05, 3.63) is 81.7 Å². The molecule has 4 rings (SSSR count). The molecule has 2 N–H and O–H groups in total. The highest BCUT2D eigenvalue weighted by atomic mass is 35.5. The molecule has 2 heterocycles. The molecule has 0 spiro atoms. The van der Waals surface area contributed by atoms with Gasteiger partial charge in [-0.05, 0) is 55.1 Å². The summed E-state index contributed by atoms with van der Waals surface area (Å²) in [6, 6.07) is 9.49. The van der Waals surface area contributed by atoms with Gasteiger partial charge >= 0.3 is 0 Å². The molecule has 11 heteroatoms. The number of rotatable bonds is 10. The summed E-state index contributed by atoms with van der Waals surface area (Å²) in [5, 5.41) is 6.81. The summed E-state index contributed by atoms with van der Waals surface area (Å²) < 4.78 is 10.6. The van der Waals surface area contributed by atoms with Crippen LogP contribution >= 0.6 is 23.2 Å². The summed E-state index contributed by atoms with van der Waals surface area (Å²) in [5.41, 5.74) is 3.87. The fraction of sp³-hybridized carbons (Fsp3) is 0.333. The van der Waals surface area contributed by atoms with Crippen LogP contribution in [-0.4, -0.2) is 56.1 Å². The van der Waals surface area contributed by atoms with Crippen LogP contribution in [0, 0.1) is 0 Å². The van der Waals surface area contributed by atoms with Gasteiger partial charge in [0.15, 0.2) is 0 Å². The van der Waals surface area contributed by atoms with Crippen LogP contribution in [0.4, 0.5) is 11.5 Å². The number of ether oxygens (including phenoxy) is 2. The van der Waals surface area contributed by atoms with Crippen LogP contribution in [0.1, 0.15) is 41.1 Å². The van der Waals surface area contributed by atoms with Crippen molar-refractivity contribution in [3.8, 4) is 11.5 Å². The Balaban J connectivity index is 1.56. The van der Waals surface area contributed by atoms with Gasteiger partial charge in [0.2, 0.25) is 11.8 Å². The van der Waals surface area contributed by atoms with E-state index < -0.39 is 0 Å². The van der Waals surface area contributed by atoms with Crippen LogP contribution in [0.3, 0.4) is 0 Å². The molecule has 9 nitrogen and oxygen atoms in total. The zero-order valence-electron chi connectivity index (χ0n) is 23.3. The number of anilines is 2. The van der Waals surface area contributed by atoms with Crippen molar-refractivity contribution in [1.29, 1.82) is 0 Å². The molecule has 41 heavy (non-hydrogen) atoms. The van der Waals surface area contributed by atoms with Crippen LogP contribution in [-0.2, 0) is 22.4 Å². The fourth-order valence-corrected chi connectivity index (χ4v) is 5.44. The largest absolute Gasteiger partial charge is 0.495 e. The van der Waals surface area contributed by atoms with Gasteiger partial charge in [-0.2, -0.15) is 0 Å². The van der Waals surface area contributed by atoms with Gasteiger partial charge in [0.05, 0.1) is 36.4 Å². The maximum absolute atomic E-state index is 13.3. The number of nitrogens with one attached hydrogen (secondary N) is 2. The monoisotopic (exact) mass is 597 g/mol. The van der Waals surface area contributed by atoms with E-state index in [1.807, 2.05) is 12.1 Å². The number of methoxy groups -OCH3 is 2. The van der Waals surface area contributed by atoms with Crippen LogP contribution < -0.4 is 25.0 Å². The molecule has 216 valence electrons. The molecule has 0 saturated carbocycles. The number of carbonyl (C=O) groups excluding carboxylic acids is 2. The van der Waals surface area contributed by atoms with Gasteiger partial charge in [0.1, 0.15) is 23.6 Å². The average Bonchev–Trinajstić information content (AvgIpc) is 3.00. The third-order valence-electron chi connectivity index (χ3n) is 7.18. The van der Waals surface area contributed by atoms with Gasteiger partial charge in [0, 0.05) is 36.9 Å². The lowest BCUT2D eigenvalue weighted by molar-refractivity contribution is -0.117. The smallest absolute Gasteiger partial charge is 0.247 e. The lowest BCUT2D eigenvalue weighted by Crippen LogP contribution is -2.29. The number of hydrogen-bond donors (Lipinski definition) is 2. The molecule has 0 aliphatic carbocycles. The maximum Gasteiger partial charge on any atom is 0.247 e. The fourth-order valence-electron chi connectivity index (χ4n) is 4.81. The van der Waals surface area contributed by atoms with Gasteiger partial charge in [-0.3, -0.25) is 14.5 Å². The predicted molar refractivity (Wildman–Crippen MR) is 162 cm³/mol. The number of hydrogen-bond acceptors (Lipinski definition) is 7. The predicted octanol–water partition coefficient (Wildman–Crippen LogP) is 5.19. The Bertz CT molecular complexity index is 1410. The zero-order chi connectivity index (χ0) is 29.5. The lowest BCUT2D eigenvalue weighted by Gasteiger charge is -2.24. The Kier molecular flexibility index (Phi) is 10.2. The molecule has 0 unspecified atom stereocenters.